The number of alkyl halides is 3. The number of rotatable bonds is 6. The second kappa shape index (κ2) is 12.0. The van der Waals surface area contributed by atoms with Crippen LogP contribution in [0.25, 0.3) is 0 Å². The maximum atomic E-state index is 12.7. The van der Waals surface area contributed by atoms with E-state index in [0.29, 0.717) is 36.2 Å². The summed E-state index contributed by atoms with van der Waals surface area (Å²) in [6.45, 7) is 2.27. The third-order valence-electron chi connectivity index (χ3n) is 8.93. The highest BCUT2D eigenvalue weighted by Gasteiger charge is 2.43. The van der Waals surface area contributed by atoms with Gasteiger partial charge < -0.3 is 9.47 Å². The molecule has 0 radical (unpaired) electrons. The average molecular weight is 509 g/mol. The maximum Gasteiger partial charge on any atom is 0.490 e. The molecule has 7 heteroatoms. The van der Waals surface area contributed by atoms with Crippen LogP contribution in [0.2, 0.25) is 0 Å². The normalized spacial score (nSPS) is 31.4. The van der Waals surface area contributed by atoms with Gasteiger partial charge in [0.15, 0.2) is 0 Å². The van der Waals surface area contributed by atoms with E-state index in [1.807, 2.05) is 12.1 Å². The van der Waals surface area contributed by atoms with E-state index in [1.54, 1.807) is 0 Å². The smallest absolute Gasteiger partial charge is 0.459 e. The molecule has 3 aliphatic rings. The lowest BCUT2D eigenvalue weighted by Gasteiger charge is -2.37. The van der Waals surface area contributed by atoms with E-state index in [9.17, 15) is 22.8 Å². The van der Waals surface area contributed by atoms with Crippen molar-refractivity contribution in [3.8, 4) is 0 Å². The molecule has 1 aromatic rings. The summed E-state index contributed by atoms with van der Waals surface area (Å²) in [5.41, 5.74) is 1.93. The first-order chi connectivity index (χ1) is 17.2. The lowest BCUT2D eigenvalue weighted by molar-refractivity contribution is -0.206. The van der Waals surface area contributed by atoms with Gasteiger partial charge in [0.25, 0.3) is 0 Å². The molecule has 0 heterocycles. The monoisotopic (exact) mass is 508 g/mol. The molecular weight excluding hydrogens is 469 g/mol. The molecule has 0 atom stereocenters. The van der Waals surface area contributed by atoms with E-state index in [2.05, 4.69) is 23.8 Å². The minimum absolute atomic E-state index is 0.0816. The fourth-order valence-electron chi connectivity index (χ4n) is 6.59. The van der Waals surface area contributed by atoms with Crippen molar-refractivity contribution in [2.45, 2.75) is 115 Å². The number of carbonyl (C=O) groups excluding carboxylic acids is 2. The van der Waals surface area contributed by atoms with Crippen LogP contribution >= 0.6 is 0 Å². The molecule has 3 aliphatic carbocycles. The van der Waals surface area contributed by atoms with E-state index in [4.69, 9.17) is 4.74 Å². The largest absolute Gasteiger partial charge is 0.490 e. The molecule has 4 rings (SSSR count). The Labute approximate surface area is 212 Å². The second-order valence-electron chi connectivity index (χ2n) is 11.1. The first-order valence-corrected chi connectivity index (χ1v) is 13.8. The van der Waals surface area contributed by atoms with Gasteiger partial charge in [-0.15, -0.1) is 0 Å². The fourth-order valence-corrected chi connectivity index (χ4v) is 6.59. The van der Waals surface area contributed by atoms with Crippen molar-refractivity contribution < 1.29 is 32.2 Å². The topological polar surface area (TPSA) is 52.6 Å². The van der Waals surface area contributed by atoms with Crippen molar-refractivity contribution in [2.75, 3.05) is 0 Å². The molecule has 0 aromatic heterocycles. The second-order valence-corrected chi connectivity index (χ2v) is 11.1. The Morgan fingerprint density at radius 2 is 1.25 bits per heavy atom. The zero-order valence-corrected chi connectivity index (χ0v) is 21.2. The van der Waals surface area contributed by atoms with Gasteiger partial charge >= 0.3 is 18.1 Å². The SMILES string of the molecule is CCC1CCC(c2ccc(C(=O)OC3CCC(C4CCC(OC(=O)C(F)(F)F)CC4)CC3)cc2)CC1. The molecule has 4 nitrogen and oxygen atoms in total. The molecule has 0 bridgehead atoms. The summed E-state index contributed by atoms with van der Waals surface area (Å²) in [7, 11) is 0. The number of hydrogen-bond donors (Lipinski definition) is 0. The predicted molar refractivity (Wildman–Crippen MR) is 130 cm³/mol. The standard InChI is InChI=1S/C29H39F3O4/c1-2-19-3-5-20(6-4-19)21-7-9-24(10-8-21)27(33)35-25-15-11-22(12-16-25)23-13-17-26(18-14-23)36-28(34)29(30,31)32/h7-10,19-20,22-23,25-26H,2-6,11-18H2,1H3. The lowest BCUT2D eigenvalue weighted by atomic mass is 9.72. The Morgan fingerprint density at radius 1 is 0.750 bits per heavy atom. The summed E-state index contributed by atoms with van der Waals surface area (Å²) in [6.07, 6.45) is 6.72. The van der Waals surface area contributed by atoms with Crippen LogP contribution in [-0.4, -0.2) is 30.3 Å². The van der Waals surface area contributed by atoms with Crippen LogP contribution in [0.3, 0.4) is 0 Å². The Hall–Kier alpha value is -2.05. The summed E-state index contributed by atoms with van der Waals surface area (Å²) >= 11 is 0. The molecule has 1 aromatic carbocycles. The van der Waals surface area contributed by atoms with Crippen LogP contribution in [0.4, 0.5) is 13.2 Å². The van der Waals surface area contributed by atoms with Crippen molar-refractivity contribution in [3.05, 3.63) is 35.4 Å². The number of benzene rings is 1. The third kappa shape index (κ3) is 7.04. The first-order valence-electron chi connectivity index (χ1n) is 13.8. The van der Waals surface area contributed by atoms with Gasteiger partial charge in [0.1, 0.15) is 12.2 Å². The minimum atomic E-state index is -4.93. The van der Waals surface area contributed by atoms with Gasteiger partial charge in [0, 0.05) is 0 Å². The maximum absolute atomic E-state index is 12.7. The Bertz CT molecular complexity index is 858. The molecule has 0 spiro atoms. The van der Waals surface area contributed by atoms with E-state index in [-0.39, 0.29) is 12.1 Å². The van der Waals surface area contributed by atoms with E-state index >= 15 is 0 Å². The van der Waals surface area contributed by atoms with Crippen LogP contribution in [-0.2, 0) is 14.3 Å². The molecule has 0 unspecified atom stereocenters. The molecule has 0 aliphatic heterocycles. The quantitative estimate of drug-likeness (QED) is 0.369. The van der Waals surface area contributed by atoms with E-state index in [1.165, 1.54) is 37.7 Å². The minimum Gasteiger partial charge on any atom is -0.459 e. The summed E-state index contributed by atoms with van der Waals surface area (Å²) in [4.78, 5) is 23.8. The highest BCUT2D eigenvalue weighted by atomic mass is 19.4. The molecular formula is C29H39F3O4. The van der Waals surface area contributed by atoms with Crippen molar-refractivity contribution in [1.29, 1.82) is 0 Å². The zero-order chi connectivity index (χ0) is 25.7. The number of hydrogen-bond acceptors (Lipinski definition) is 4. The first kappa shape index (κ1) is 27.0. The van der Waals surface area contributed by atoms with Gasteiger partial charge in [-0.3, -0.25) is 0 Å². The Morgan fingerprint density at radius 3 is 1.72 bits per heavy atom. The van der Waals surface area contributed by atoms with Gasteiger partial charge in [0.05, 0.1) is 5.56 Å². The van der Waals surface area contributed by atoms with Crippen LogP contribution in [0.15, 0.2) is 24.3 Å². The number of ether oxygens (including phenoxy) is 2. The molecule has 3 fully saturated rings. The summed E-state index contributed by atoms with van der Waals surface area (Å²) in [5.74, 6) is 0.0425. The van der Waals surface area contributed by atoms with E-state index in [0.717, 1.165) is 44.4 Å². The Kier molecular flexibility index (Phi) is 9.00. The van der Waals surface area contributed by atoms with Crippen LogP contribution in [0, 0.1) is 17.8 Å². The highest BCUT2D eigenvalue weighted by molar-refractivity contribution is 5.89. The summed E-state index contributed by atoms with van der Waals surface area (Å²) in [5, 5.41) is 0. The zero-order valence-electron chi connectivity index (χ0n) is 21.2. The van der Waals surface area contributed by atoms with Crippen LogP contribution in [0.1, 0.15) is 112 Å². The van der Waals surface area contributed by atoms with Crippen molar-refractivity contribution in [3.63, 3.8) is 0 Å². The number of carbonyl (C=O) groups is 2. The molecule has 3 saturated carbocycles. The average Bonchev–Trinajstić information content (AvgIpc) is 2.89. The fraction of sp³-hybridized carbons (Fsp3) is 0.724. The Balaban J connectivity index is 1.17. The third-order valence-corrected chi connectivity index (χ3v) is 8.93. The molecule has 200 valence electrons. The van der Waals surface area contributed by atoms with Crippen molar-refractivity contribution in [2.24, 2.45) is 17.8 Å². The van der Waals surface area contributed by atoms with Gasteiger partial charge in [0.2, 0.25) is 0 Å². The summed E-state index contributed by atoms with van der Waals surface area (Å²) < 4.78 is 47.7. The van der Waals surface area contributed by atoms with Crippen LogP contribution < -0.4 is 0 Å². The van der Waals surface area contributed by atoms with Gasteiger partial charge in [-0.25, -0.2) is 9.59 Å². The van der Waals surface area contributed by atoms with Gasteiger partial charge in [-0.2, -0.15) is 13.2 Å². The van der Waals surface area contributed by atoms with Gasteiger partial charge in [-0.05, 0) is 118 Å². The number of halogens is 3. The van der Waals surface area contributed by atoms with E-state index < -0.39 is 18.2 Å². The van der Waals surface area contributed by atoms with Crippen molar-refractivity contribution >= 4 is 11.9 Å². The molecule has 36 heavy (non-hydrogen) atoms. The number of esters is 2. The van der Waals surface area contributed by atoms with Gasteiger partial charge in [-0.1, -0.05) is 25.5 Å². The molecule has 0 N–H and O–H groups in total. The highest BCUT2D eigenvalue weighted by Crippen LogP contribution is 2.40. The predicted octanol–water partition coefficient (Wildman–Crippen LogP) is 7.75. The van der Waals surface area contributed by atoms with Crippen molar-refractivity contribution in [1.82, 2.24) is 0 Å². The lowest BCUT2D eigenvalue weighted by Crippen LogP contribution is -2.34. The molecule has 0 saturated heterocycles. The van der Waals surface area contributed by atoms with Crippen LogP contribution in [0.5, 0.6) is 0 Å². The molecule has 0 amide bonds. The summed E-state index contributed by atoms with van der Waals surface area (Å²) in [6, 6.07) is 7.98.